The number of nitrogens with two attached hydrogens (primary N) is 1. The van der Waals surface area contributed by atoms with Crippen molar-refractivity contribution in [3.8, 4) is 12.3 Å². The van der Waals surface area contributed by atoms with E-state index in [2.05, 4.69) is 16.1 Å². The number of hydrogen-bond acceptors (Lipinski definition) is 3. The molecular formula is C18H29N3. The zero-order valence-corrected chi connectivity index (χ0v) is 13.1. The summed E-state index contributed by atoms with van der Waals surface area (Å²) in [7, 11) is 0. The second-order valence-electron chi connectivity index (χ2n) is 8.38. The van der Waals surface area contributed by atoms with Gasteiger partial charge in [-0.25, -0.2) is 0 Å². The Labute approximate surface area is 129 Å². The molecule has 2 atom stereocenters. The van der Waals surface area contributed by atoms with Gasteiger partial charge in [0.2, 0.25) is 0 Å². The van der Waals surface area contributed by atoms with E-state index >= 15 is 0 Å². The predicted molar refractivity (Wildman–Crippen MR) is 85.1 cm³/mol. The Balaban J connectivity index is 1.39. The molecule has 1 aliphatic heterocycles. The summed E-state index contributed by atoms with van der Waals surface area (Å²) in [6.45, 7) is 2.96. The smallest absolute Gasteiger partial charge is 0.112 e. The van der Waals surface area contributed by atoms with Crippen LogP contribution in [0, 0.1) is 41.4 Å². The Morgan fingerprint density at radius 1 is 1.14 bits per heavy atom. The number of terminal acetylenes is 1. The molecule has 4 saturated carbocycles. The molecule has 1 heterocycles. The molecule has 0 aromatic carbocycles. The fourth-order valence-corrected chi connectivity index (χ4v) is 6.17. The number of rotatable bonds is 3. The fraction of sp³-hybridized carbons (Fsp3) is 0.889. The van der Waals surface area contributed by atoms with Crippen LogP contribution in [0.15, 0.2) is 0 Å². The lowest BCUT2D eigenvalue weighted by molar-refractivity contribution is -0.0643. The van der Waals surface area contributed by atoms with Gasteiger partial charge in [-0.1, -0.05) is 0 Å². The van der Waals surface area contributed by atoms with E-state index in [-0.39, 0.29) is 6.29 Å². The first-order valence-corrected chi connectivity index (χ1v) is 8.85. The molecule has 21 heavy (non-hydrogen) atoms. The Morgan fingerprint density at radius 2 is 1.76 bits per heavy atom. The van der Waals surface area contributed by atoms with Crippen molar-refractivity contribution in [3.05, 3.63) is 0 Å². The van der Waals surface area contributed by atoms with Crippen molar-refractivity contribution in [1.29, 1.82) is 0 Å². The van der Waals surface area contributed by atoms with Crippen LogP contribution in [0.1, 0.15) is 44.9 Å². The first-order valence-electron chi connectivity index (χ1n) is 8.85. The molecule has 116 valence electrons. The summed E-state index contributed by atoms with van der Waals surface area (Å²) in [6.07, 6.45) is 16.0. The van der Waals surface area contributed by atoms with Gasteiger partial charge in [0.15, 0.2) is 0 Å². The van der Waals surface area contributed by atoms with Gasteiger partial charge in [0, 0.05) is 25.6 Å². The zero-order chi connectivity index (χ0) is 14.4. The molecule has 0 radical (unpaired) electrons. The molecule has 3 N–H and O–H groups in total. The lowest BCUT2D eigenvalue weighted by atomic mass is 9.49. The third kappa shape index (κ3) is 2.63. The molecular weight excluding hydrogens is 258 g/mol. The molecule has 5 fully saturated rings. The Morgan fingerprint density at radius 3 is 2.33 bits per heavy atom. The minimum atomic E-state index is 0.00325. The molecule has 5 rings (SSSR count). The van der Waals surface area contributed by atoms with Crippen LogP contribution in [0.4, 0.5) is 0 Å². The van der Waals surface area contributed by atoms with E-state index in [1.165, 1.54) is 44.9 Å². The third-order valence-electron chi connectivity index (χ3n) is 6.75. The van der Waals surface area contributed by atoms with E-state index in [4.69, 9.17) is 12.2 Å². The highest BCUT2D eigenvalue weighted by molar-refractivity contribution is 5.02. The first-order chi connectivity index (χ1) is 10.2. The molecule has 4 bridgehead atoms. The average molecular weight is 287 g/mol. The van der Waals surface area contributed by atoms with Crippen LogP contribution in [-0.4, -0.2) is 30.8 Å². The van der Waals surface area contributed by atoms with Crippen LogP contribution in [0.5, 0.6) is 0 Å². The van der Waals surface area contributed by atoms with Gasteiger partial charge >= 0.3 is 0 Å². The maximum absolute atomic E-state index is 6.22. The highest BCUT2D eigenvalue weighted by Gasteiger charge is 2.50. The van der Waals surface area contributed by atoms with Gasteiger partial charge in [0.05, 0.1) is 0 Å². The van der Waals surface area contributed by atoms with Crippen molar-refractivity contribution in [1.82, 2.24) is 10.2 Å². The largest absolute Gasteiger partial charge is 0.303 e. The van der Waals surface area contributed by atoms with Crippen LogP contribution in [0.2, 0.25) is 0 Å². The maximum atomic E-state index is 6.22. The molecule has 5 aliphatic rings. The molecule has 1 saturated heterocycles. The minimum absolute atomic E-state index is 0.00325. The van der Waals surface area contributed by atoms with Crippen molar-refractivity contribution >= 4 is 0 Å². The summed E-state index contributed by atoms with van der Waals surface area (Å²) < 4.78 is 0. The third-order valence-corrected chi connectivity index (χ3v) is 6.75. The van der Waals surface area contributed by atoms with Crippen LogP contribution in [0.25, 0.3) is 0 Å². The fourth-order valence-electron chi connectivity index (χ4n) is 6.17. The van der Waals surface area contributed by atoms with E-state index in [0.29, 0.717) is 11.3 Å². The lowest BCUT2D eigenvalue weighted by Crippen LogP contribution is -2.60. The van der Waals surface area contributed by atoms with Gasteiger partial charge < -0.3 is 5.73 Å². The van der Waals surface area contributed by atoms with Crippen molar-refractivity contribution < 1.29 is 0 Å². The SMILES string of the molecule is C#CC1CNC(N)N(CCC23CC4CC(CC(C4)C2)C3)C1. The van der Waals surface area contributed by atoms with E-state index in [9.17, 15) is 0 Å². The second kappa shape index (κ2) is 5.26. The summed E-state index contributed by atoms with van der Waals surface area (Å²) >= 11 is 0. The summed E-state index contributed by atoms with van der Waals surface area (Å²) in [5.74, 6) is 6.34. The molecule has 2 unspecified atom stereocenters. The Kier molecular flexibility index (Phi) is 3.52. The Hall–Kier alpha value is -0.560. The summed E-state index contributed by atoms with van der Waals surface area (Å²) in [6, 6.07) is 0. The van der Waals surface area contributed by atoms with E-state index in [0.717, 1.165) is 37.4 Å². The van der Waals surface area contributed by atoms with Crippen molar-refractivity contribution in [2.75, 3.05) is 19.6 Å². The molecule has 0 amide bonds. The van der Waals surface area contributed by atoms with Gasteiger partial charge in [0.25, 0.3) is 0 Å². The van der Waals surface area contributed by atoms with Crippen LogP contribution >= 0.6 is 0 Å². The van der Waals surface area contributed by atoms with E-state index in [1.807, 2.05) is 0 Å². The van der Waals surface area contributed by atoms with Crippen molar-refractivity contribution in [3.63, 3.8) is 0 Å². The summed E-state index contributed by atoms with van der Waals surface area (Å²) in [5, 5.41) is 3.35. The van der Waals surface area contributed by atoms with Crippen molar-refractivity contribution in [2.24, 2.45) is 34.8 Å². The van der Waals surface area contributed by atoms with Gasteiger partial charge in [-0.05, 0) is 68.1 Å². The van der Waals surface area contributed by atoms with Gasteiger partial charge in [-0.15, -0.1) is 12.3 Å². The molecule has 0 spiro atoms. The lowest BCUT2D eigenvalue weighted by Gasteiger charge is -2.57. The number of nitrogens with zero attached hydrogens (tertiary/aromatic N) is 1. The standard InChI is InChI=1S/C18H29N3/c1-2-13-11-20-17(19)21(12-13)4-3-18-8-14-5-15(9-18)7-16(6-14)10-18/h1,13-17,20H,3-12,19H2. The summed E-state index contributed by atoms with van der Waals surface area (Å²) in [5.41, 5.74) is 6.87. The maximum Gasteiger partial charge on any atom is 0.112 e. The molecule has 3 nitrogen and oxygen atoms in total. The monoisotopic (exact) mass is 287 g/mol. The van der Waals surface area contributed by atoms with Crippen LogP contribution in [-0.2, 0) is 0 Å². The van der Waals surface area contributed by atoms with Gasteiger partial charge in [-0.3, -0.25) is 10.2 Å². The molecule has 3 heteroatoms. The first kappa shape index (κ1) is 14.1. The molecule has 4 aliphatic carbocycles. The minimum Gasteiger partial charge on any atom is -0.303 e. The zero-order valence-electron chi connectivity index (χ0n) is 13.1. The second-order valence-corrected chi connectivity index (χ2v) is 8.38. The highest BCUT2D eigenvalue weighted by Crippen LogP contribution is 2.61. The number of nitrogens with one attached hydrogen (secondary N) is 1. The molecule has 0 aromatic rings. The predicted octanol–water partition coefficient (Wildman–Crippen LogP) is 1.99. The van der Waals surface area contributed by atoms with Crippen LogP contribution < -0.4 is 11.1 Å². The topological polar surface area (TPSA) is 41.3 Å². The van der Waals surface area contributed by atoms with Gasteiger partial charge in [-0.2, -0.15) is 0 Å². The van der Waals surface area contributed by atoms with Crippen LogP contribution in [0.3, 0.4) is 0 Å². The van der Waals surface area contributed by atoms with E-state index in [1.54, 1.807) is 0 Å². The average Bonchev–Trinajstić information content (AvgIpc) is 2.45. The van der Waals surface area contributed by atoms with E-state index < -0.39 is 0 Å². The quantitative estimate of drug-likeness (QED) is 0.780. The number of hydrogen-bond donors (Lipinski definition) is 2. The Bertz CT molecular complexity index is 403. The summed E-state index contributed by atoms with van der Waals surface area (Å²) in [4.78, 5) is 2.38. The highest BCUT2D eigenvalue weighted by atomic mass is 15.4. The molecule has 0 aromatic heterocycles. The van der Waals surface area contributed by atoms with Gasteiger partial charge in [0.1, 0.15) is 6.29 Å². The normalized spacial score (nSPS) is 49.2. The van der Waals surface area contributed by atoms with Crippen molar-refractivity contribution in [2.45, 2.75) is 51.2 Å².